The number of piperazine rings is 1. The molecule has 28 heavy (non-hydrogen) atoms. The van der Waals surface area contributed by atoms with Crippen LogP contribution in [0.15, 0.2) is 60.8 Å². The quantitative estimate of drug-likeness (QED) is 0.687. The lowest BCUT2D eigenvalue weighted by Crippen LogP contribution is -2.49. The van der Waals surface area contributed by atoms with Crippen molar-refractivity contribution in [2.45, 2.75) is 13.5 Å². The highest BCUT2D eigenvalue weighted by Gasteiger charge is 2.22. The van der Waals surface area contributed by atoms with Crippen LogP contribution in [0.25, 0.3) is 10.9 Å². The lowest BCUT2D eigenvalue weighted by Gasteiger charge is -2.34. The molecule has 0 spiro atoms. The van der Waals surface area contributed by atoms with Gasteiger partial charge < -0.3 is 9.64 Å². The average molecular weight is 375 g/mol. The smallest absolute Gasteiger partial charge is 0.260 e. The number of carbonyl (C=O) groups is 1. The van der Waals surface area contributed by atoms with Crippen LogP contribution >= 0.6 is 0 Å². The molecule has 2 aromatic carbocycles. The minimum Gasteiger partial charge on any atom is -0.484 e. The second-order valence-corrected chi connectivity index (χ2v) is 7.25. The molecule has 1 aliphatic heterocycles. The molecule has 5 heteroatoms. The Morgan fingerprint density at radius 1 is 1.04 bits per heavy atom. The third-order valence-electron chi connectivity index (χ3n) is 5.19. The SMILES string of the molecule is Cc1cccc(OCC(=O)N2CCN(Cc3cccc4cccnc34)CC2)c1. The summed E-state index contributed by atoms with van der Waals surface area (Å²) in [6, 6.07) is 18.2. The summed E-state index contributed by atoms with van der Waals surface area (Å²) in [7, 11) is 0. The minimum atomic E-state index is 0.0491. The Balaban J connectivity index is 1.30. The van der Waals surface area contributed by atoms with Crippen molar-refractivity contribution in [2.75, 3.05) is 32.8 Å². The van der Waals surface area contributed by atoms with Gasteiger partial charge in [0.15, 0.2) is 6.61 Å². The summed E-state index contributed by atoms with van der Waals surface area (Å²) in [5, 5.41) is 1.17. The molecule has 0 radical (unpaired) electrons. The van der Waals surface area contributed by atoms with E-state index in [4.69, 9.17) is 4.74 Å². The van der Waals surface area contributed by atoms with E-state index in [1.165, 1.54) is 10.9 Å². The van der Waals surface area contributed by atoms with Gasteiger partial charge in [0.1, 0.15) is 5.75 Å². The summed E-state index contributed by atoms with van der Waals surface area (Å²) in [5.74, 6) is 0.795. The molecule has 1 amide bonds. The molecule has 1 aliphatic rings. The van der Waals surface area contributed by atoms with Gasteiger partial charge in [0.05, 0.1) is 5.52 Å². The molecule has 0 N–H and O–H groups in total. The number of pyridine rings is 1. The first-order chi connectivity index (χ1) is 13.7. The number of carbonyl (C=O) groups excluding carboxylic acids is 1. The van der Waals surface area contributed by atoms with E-state index in [-0.39, 0.29) is 12.5 Å². The topological polar surface area (TPSA) is 45.7 Å². The van der Waals surface area contributed by atoms with Gasteiger partial charge in [-0.15, -0.1) is 0 Å². The molecule has 5 nitrogen and oxygen atoms in total. The zero-order chi connectivity index (χ0) is 19.3. The van der Waals surface area contributed by atoms with E-state index in [9.17, 15) is 4.79 Å². The van der Waals surface area contributed by atoms with Gasteiger partial charge in [-0.05, 0) is 36.2 Å². The fourth-order valence-electron chi connectivity index (χ4n) is 3.63. The van der Waals surface area contributed by atoms with Crippen LogP contribution in [-0.2, 0) is 11.3 Å². The van der Waals surface area contributed by atoms with Gasteiger partial charge in [-0.2, -0.15) is 0 Å². The van der Waals surface area contributed by atoms with Crippen LogP contribution in [0.5, 0.6) is 5.75 Å². The molecule has 144 valence electrons. The number of fused-ring (bicyclic) bond motifs is 1. The Kier molecular flexibility index (Phi) is 5.53. The monoisotopic (exact) mass is 375 g/mol. The van der Waals surface area contributed by atoms with Crippen LogP contribution in [0.4, 0.5) is 0 Å². The number of nitrogens with zero attached hydrogens (tertiary/aromatic N) is 3. The lowest BCUT2D eigenvalue weighted by molar-refractivity contribution is -0.135. The number of para-hydroxylation sites is 1. The molecular weight excluding hydrogens is 350 g/mol. The first-order valence-corrected chi connectivity index (χ1v) is 9.71. The summed E-state index contributed by atoms with van der Waals surface area (Å²) in [6.45, 7) is 6.15. The summed E-state index contributed by atoms with van der Waals surface area (Å²) >= 11 is 0. The Labute approximate surface area is 165 Å². The molecule has 0 saturated carbocycles. The van der Waals surface area contributed by atoms with Crippen LogP contribution in [0.2, 0.25) is 0 Å². The van der Waals surface area contributed by atoms with E-state index in [0.717, 1.165) is 49.6 Å². The standard InChI is InChI=1S/C23H25N3O2/c1-18-5-2-9-21(15-18)28-17-22(27)26-13-11-25(12-14-26)16-20-7-3-6-19-8-4-10-24-23(19)20/h2-10,15H,11-14,16-17H2,1H3. The number of aromatic nitrogens is 1. The zero-order valence-corrected chi connectivity index (χ0v) is 16.2. The predicted molar refractivity (Wildman–Crippen MR) is 110 cm³/mol. The lowest BCUT2D eigenvalue weighted by atomic mass is 10.1. The van der Waals surface area contributed by atoms with E-state index in [1.807, 2.05) is 48.4 Å². The van der Waals surface area contributed by atoms with Gasteiger partial charge >= 0.3 is 0 Å². The molecule has 1 saturated heterocycles. The minimum absolute atomic E-state index is 0.0491. The number of aryl methyl sites for hydroxylation is 1. The maximum Gasteiger partial charge on any atom is 0.260 e. The molecule has 1 aromatic heterocycles. The Bertz CT molecular complexity index is 959. The van der Waals surface area contributed by atoms with Crippen LogP contribution in [0.3, 0.4) is 0 Å². The fraction of sp³-hybridized carbons (Fsp3) is 0.304. The Morgan fingerprint density at radius 2 is 1.82 bits per heavy atom. The highest BCUT2D eigenvalue weighted by Crippen LogP contribution is 2.18. The number of ether oxygens (including phenoxy) is 1. The number of benzene rings is 2. The fourth-order valence-corrected chi connectivity index (χ4v) is 3.63. The molecule has 0 bridgehead atoms. The van der Waals surface area contributed by atoms with Crippen molar-refractivity contribution in [3.8, 4) is 5.75 Å². The van der Waals surface area contributed by atoms with Crippen molar-refractivity contribution in [3.63, 3.8) is 0 Å². The van der Waals surface area contributed by atoms with Gasteiger partial charge in [0, 0.05) is 44.3 Å². The number of rotatable bonds is 5. The normalized spacial score (nSPS) is 15.0. The molecule has 2 heterocycles. The Morgan fingerprint density at radius 3 is 2.64 bits per heavy atom. The Hall–Kier alpha value is -2.92. The van der Waals surface area contributed by atoms with Crippen molar-refractivity contribution < 1.29 is 9.53 Å². The second kappa shape index (κ2) is 8.40. The van der Waals surface area contributed by atoms with Crippen molar-refractivity contribution in [1.82, 2.24) is 14.8 Å². The summed E-state index contributed by atoms with van der Waals surface area (Å²) in [4.78, 5) is 21.3. The van der Waals surface area contributed by atoms with E-state index < -0.39 is 0 Å². The average Bonchev–Trinajstić information content (AvgIpc) is 2.73. The van der Waals surface area contributed by atoms with E-state index in [2.05, 4.69) is 34.1 Å². The number of hydrogen-bond donors (Lipinski definition) is 0. The van der Waals surface area contributed by atoms with Gasteiger partial charge in [-0.1, -0.05) is 36.4 Å². The van der Waals surface area contributed by atoms with E-state index >= 15 is 0 Å². The number of amides is 1. The van der Waals surface area contributed by atoms with E-state index in [0.29, 0.717) is 0 Å². The van der Waals surface area contributed by atoms with Crippen molar-refractivity contribution >= 4 is 16.8 Å². The van der Waals surface area contributed by atoms with Gasteiger partial charge in [0.2, 0.25) is 0 Å². The molecule has 1 fully saturated rings. The zero-order valence-electron chi connectivity index (χ0n) is 16.2. The molecule has 0 unspecified atom stereocenters. The molecule has 0 atom stereocenters. The molecule has 0 aliphatic carbocycles. The van der Waals surface area contributed by atoms with Crippen molar-refractivity contribution in [3.05, 3.63) is 71.9 Å². The van der Waals surface area contributed by atoms with Gasteiger partial charge in [-0.25, -0.2) is 0 Å². The first-order valence-electron chi connectivity index (χ1n) is 9.71. The summed E-state index contributed by atoms with van der Waals surface area (Å²) in [6.07, 6.45) is 1.84. The van der Waals surface area contributed by atoms with Crippen LogP contribution in [-0.4, -0.2) is 53.5 Å². The highest BCUT2D eigenvalue weighted by atomic mass is 16.5. The highest BCUT2D eigenvalue weighted by molar-refractivity contribution is 5.81. The summed E-state index contributed by atoms with van der Waals surface area (Å²) in [5.41, 5.74) is 3.43. The van der Waals surface area contributed by atoms with E-state index in [1.54, 1.807) is 0 Å². The predicted octanol–water partition coefficient (Wildman–Crippen LogP) is 3.27. The van der Waals surface area contributed by atoms with Crippen LogP contribution in [0, 0.1) is 6.92 Å². The second-order valence-electron chi connectivity index (χ2n) is 7.25. The molecule has 3 aromatic rings. The maximum atomic E-state index is 12.5. The van der Waals surface area contributed by atoms with Gasteiger partial charge in [-0.3, -0.25) is 14.7 Å². The summed E-state index contributed by atoms with van der Waals surface area (Å²) < 4.78 is 5.66. The third kappa shape index (κ3) is 4.31. The molecule has 4 rings (SSSR count). The van der Waals surface area contributed by atoms with Crippen LogP contribution < -0.4 is 4.74 Å². The van der Waals surface area contributed by atoms with Crippen molar-refractivity contribution in [2.24, 2.45) is 0 Å². The van der Waals surface area contributed by atoms with Crippen molar-refractivity contribution in [1.29, 1.82) is 0 Å². The first kappa shape index (κ1) is 18.4. The molecular formula is C23H25N3O2. The van der Waals surface area contributed by atoms with Gasteiger partial charge in [0.25, 0.3) is 5.91 Å². The third-order valence-corrected chi connectivity index (χ3v) is 5.19. The van der Waals surface area contributed by atoms with Crippen LogP contribution in [0.1, 0.15) is 11.1 Å². The largest absolute Gasteiger partial charge is 0.484 e. The maximum absolute atomic E-state index is 12.5. The number of hydrogen-bond acceptors (Lipinski definition) is 4.